The summed E-state index contributed by atoms with van der Waals surface area (Å²) in [5, 5.41) is 3.74. The minimum Gasteiger partial charge on any atom is -0.380 e. The summed E-state index contributed by atoms with van der Waals surface area (Å²) < 4.78 is 5.63. The van der Waals surface area contributed by atoms with Gasteiger partial charge in [-0.15, -0.1) is 0 Å². The molecule has 3 atom stereocenters. The average Bonchev–Trinajstić information content (AvgIpc) is 3.03. The zero-order chi connectivity index (χ0) is 13.8. The second kappa shape index (κ2) is 6.70. The lowest BCUT2D eigenvalue weighted by Crippen LogP contribution is -2.55. The summed E-state index contributed by atoms with van der Waals surface area (Å²) in [6.07, 6.45) is 3.70. The number of nitrogens with one attached hydrogen (secondary N) is 1. The molecule has 0 spiro atoms. The molecule has 1 aromatic rings. The molecule has 3 unspecified atom stereocenters. The van der Waals surface area contributed by atoms with Gasteiger partial charge in [0, 0.05) is 37.8 Å². The van der Waals surface area contributed by atoms with Gasteiger partial charge in [-0.3, -0.25) is 4.90 Å². The largest absolute Gasteiger partial charge is 0.380 e. The molecule has 110 valence electrons. The molecular formula is C17H26N2O. The van der Waals surface area contributed by atoms with Crippen LogP contribution in [0, 0.1) is 0 Å². The van der Waals surface area contributed by atoms with E-state index >= 15 is 0 Å². The van der Waals surface area contributed by atoms with Crippen molar-refractivity contribution < 1.29 is 4.74 Å². The number of rotatable bonds is 4. The highest BCUT2D eigenvalue weighted by atomic mass is 16.5. The SMILES string of the molecule is CCCC1CN(C2CCOC2)C(c2ccccc2)CN1. The maximum Gasteiger partial charge on any atom is 0.0622 e. The smallest absolute Gasteiger partial charge is 0.0622 e. The van der Waals surface area contributed by atoms with Crippen LogP contribution < -0.4 is 5.32 Å². The topological polar surface area (TPSA) is 24.5 Å². The standard InChI is InChI=1S/C17H26N2O/c1-2-6-15-12-19(16-9-10-20-13-16)17(11-18-15)14-7-4-3-5-8-14/h3-5,7-8,15-18H,2,6,9-13H2,1H3. The molecule has 0 amide bonds. The molecule has 0 radical (unpaired) electrons. The summed E-state index contributed by atoms with van der Waals surface area (Å²) >= 11 is 0. The highest BCUT2D eigenvalue weighted by molar-refractivity contribution is 5.20. The molecule has 1 N–H and O–H groups in total. The van der Waals surface area contributed by atoms with E-state index in [1.807, 2.05) is 0 Å². The Bertz CT molecular complexity index is 403. The third kappa shape index (κ3) is 3.05. The third-order valence-corrected chi connectivity index (χ3v) is 4.63. The Balaban J connectivity index is 1.77. The first-order chi connectivity index (χ1) is 9.88. The molecule has 0 bridgehead atoms. The van der Waals surface area contributed by atoms with E-state index in [9.17, 15) is 0 Å². The lowest BCUT2D eigenvalue weighted by Gasteiger charge is -2.43. The monoisotopic (exact) mass is 274 g/mol. The maximum atomic E-state index is 5.63. The van der Waals surface area contributed by atoms with Crippen molar-refractivity contribution >= 4 is 0 Å². The van der Waals surface area contributed by atoms with Gasteiger partial charge in [0.1, 0.15) is 0 Å². The van der Waals surface area contributed by atoms with Crippen molar-refractivity contribution in [3.8, 4) is 0 Å². The highest BCUT2D eigenvalue weighted by Gasteiger charge is 2.34. The van der Waals surface area contributed by atoms with Crippen molar-refractivity contribution in [1.82, 2.24) is 10.2 Å². The van der Waals surface area contributed by atoms with Crippen molar-refractivity contribution in [3.05, 3.63) is 35.9 Å². The molecule has 2 fully saturated rings. The summed E-state index contributed by atoms with van der Waals surface area (Å²) in [6.45, 7) is 6.32. The Morgan fingerprint density at radius 3 is 2.85 bits per heavy atom. The van der Waals surface area contributed by atoms with Gasteiger partial charge < -0.3 is 10.1 Å². The second-order valence-electron chi connectivity index (χ2n) is 6.03. The van der Waals surface area contributed by atoms with Gasteiger partial charge in [-0.05, 0) is 18.4 Å². The molecule has 3 rings (SSSR count). The van der Waals surface area contributed by atoms with Crippen LogP contribution in [0.1, 0.15) is 37.8 Å². The fourth-order valence-corrected chi connectivity index (χ4v) is 3.56. The van der Waals surface area contributed by atoms with Crippen molar-refractivity contribution in [3.63, 3.8) is 0 Å². The van der Waals surface area contributed by atoms with Crippen molar-refractivity contribution in [2.75, 3.05) is 26.3 Å². The molecular weight excluding hydrogens is 248 g/mol. The van der Waals surface area contributed by atoms with Gasteiger partial charge in [-0.25, -0.2) is 0 Å². The van der Waals surface area contributed by atoms with E-state index in [0.717, 1.165) is 26.3 Å². The summed E-state index contributed by atoms with van der Waals surface area (Å²) in [6, 6.07) is 12.7. The van der Waals surface area contributed by atoms with E-state index in [0.29, 0.717) is 18.1 Å². The minimum atomic E-state index is 0.496. The van der Waals surface area contributed by atoms with Crippen LogP contribution in [-0.4, -0.2) is 43.3 Å². The Morgan fingerprint density at radius 2 is 2.15 bits per heavy atom. The molecule has 0 aliphatic carbocycles. The fraction of sp³-hybridized carbons (Fsp3) is 0.647. The van der Waals surface area contributed by atoms with Crippen LogP contribution in [-0.2, 0) is 4.74 Å². The molecule has 2 saturated heterocycles. The summed E-state index contributed by atoms with van der Waals surface area (Å²) in [5.74, 6) is 0. The van der Waals surface area contributed by atoms with E-state index in [1.54, 1.807) is 0 Å². The first kappa shape index (κ1) is 14.1. The predicted molar refractivity (Wildman–Crippen MR) is 81.8 cm³/mol. The molecule has 3 nitrogen and oxygen atoms in total. The second-order valence-corrected chi connectivity index (χ2v) is 6.03. The number of hydrogen-bond acceptors (Lipinski definition) is 3. The number of benzene rings is 1. The molecule has 1 aromatic carbocycles. The third-order valence-electron chi connectivity index (χ3n) is 4.63. The van der Waals surface area contributed by atoms with Crippen LogP contribution in [0.3, 0.4) is 0 Å². The summed E-state index contributed by atoms with van der Waals surface area (Å²) in [4.78, 5) is 2.69. The molecule has 0 saturated carbocycles. The van der Waals surface area contributed by atoms with E-state index in [2.05, 4.69) is 47.5 Å². The van der Waals surface area contributed by atoms with Crippen LogP contribution in [0.4, 0.5) is 0 Å². The number of piperazine rings is 1. The normalized spacial score (nSPS) is 31.6. The molecule has 2 aliphatic heterocycles. The zero-order valence-electron chi connectivity index (χ0n) is 12.4. The first-order valence-corrected chi connectivity index (χ1v) is 8.00. The van der Waals surface area contributed by atoms with Gasteiger partial charge in [-0.2, -0.15) is 0 Å². The van der Waals surface area contributed by atoms with E-state index in [-0.39, 0.29) is 0 Å². The van der Waals surface area contributed by atoms with Gasteiger partial charge in [-0.1, -0.05) is 43.7 Å². The summed E-state index contributed by atoms with van der Waals surface area (Å²) in [5.41, 5.74) is 1.43. The quantitative estimate of drug-likeness (QED) is 0.913. The molecule has 20 heavy (non-hydrogen) atoms. The molecule has 3 heteroatoms. The number of ether oxygens (including phenoxy) is 1. The van der Waals surface area contributed by atoms with Crippen molar-refractivity contribution in [2.45, 2.75) is 44.3 Å². The Labute approximate surface area is 122 Å². The number of nitrogens with zero attached hydrogens (tertiary/aromatic N) is 1. The van der Waals surface area contributed by atoms with Gasteiger partial charge in [0.2, 0.25) is 0 Å². The molecule has 2 heterocycles. The van der Waals surface area contributed by atoms with E-state index < -0.39 is 0 Å². The van der Waals surface area contributed by atoms with Gasteiger partial charge in [0.15, 0.2) is 0 Å². The Kier molecular flexibility index (Phi) is 4.71. The lowest BCUT2D eigenvalue weighted by molar-refractivity contribution is 0.0674. The van der Waals surface area contributed by atoms with Crippen molar-refractivity contribution in [2.24, 2.45) is 0 Å². The first-order valence-electron chi connectivity index (χ1n) is 8.00. The van der Waals surface area contributed by atoms with E-state index in [1.165, 1.54) is 24.8 Å². The van der Waals surface area contributed by atoms with Crippen LogP contribution in [0.2, 0.25) is 0 Å². The van der Waals surface area contributed by atoms with Crippen LogP contribution in [0.25, 0.3) is 0 Å². The fourth-order valence-electron chi connectivity index (χ4n) is 3.56. The Morgan fingerprint density at radius 1 is 1.30 bits per heavy atom. The van der Waals surface area contributed by atoms with Crippen LogP contribution in [0.15, 0.2) is 30.3 Å². The molecule has 2 aliphatic rings. The maximum absolute atomic E-state index is 5.63. The van der Waals surface area contributed by atoms with Crippen LogP contribution in [0.5, 0.6) is 0 Å². The summed E-state index contributed by atoms with van der Waals surface area (Å²) in [7, 11) is 0. The zero-order valence-corrected chi connectivity index (χ0v) is 12.4. The van der Waals surface area contributed by atoms with Crippen molar-refractivity contribution in [1.29, 1.82) is 0 Å². The predicted octanol–water partition coefficient (Wildman–Crippen LogP) is 2.59. The lowest BCUT2D eigenvalue weighted by atomic mass is 9.97. The molecule has 0 aromatic heterocycles. The average molecular weight is 274 g/mol. The van der Waals surface area contributed by atoms with Crippen LogP contribution >= 0.6 is 0 Å². The minimum absolute atomic E-state index is 0.496. The van der Waals surface area contributed by atoms with Gasteiger partial charge >= 0.3 is 0 Å². The highest BCUT2D eigenvalue weighted by Crippen LogP contribution is 2.29. The van der Waals surface area contributed by atoms with E-state index in [4.69, 9.17) is 4.74 Å². The van der Waals surface area contributed by atoms with Gasteiger partial charge in [0.05, 0.1) is 6.61 Å². The Hall–Kier alpha value is -0.900. The van der Waals surface area contributed by atoms with Gasteiger partial charge in [0.25, 0.3) is 0 Å². The number of hydrogen-bond donors (Lipinski definition) is 1.